The highest BCUT2D eigenvalue weighted by Gasteiger charge is 2.69. The summed E-state index contributed by atoms with van der Waals surface area (Å²) in [5.74, 6) is -1.97. The van der Waals surface area contributed by atoms with E-state index in [1.54, 1.807) is 12.1 Å². The molecule has 4 rings (SSSR count). The molecule has 40 heavy (non-hydrogen) atoms. The van der Waals surface area contributed by atoms with Crippen LogP contribution >= 0.6 is 35.4 Å². The molecule has 0 spiro atoms. The molecule has 216 valence electrons. The van der Waals surface area contributed by atoms with E-state index in [9.17, 15) is 35.9 Å². The molecule has 2 aromatic carbocycles. The summed E-state index contributed by atoms with van der Waals surface area (Å²) in [4.78, 5) is 27.1. The number of aliphatic imine (C=N–C) groups is 1. The fourth-order valence-corrected chi connectivity index (χ4v) is 4.11. The summed E-state index contributed by atoms with van der Waals surface area (Å²) in [7, 11) is 0. The van der Waals surface area contributed by atoms with E-state index >= 15 is 0 Å². The average Bonchev–Trinajstić information content (AvgIpc) is 3.77. The van der Waals surface area contributed by atoms with Crippen molar-refractivity contribution in [3.05, 3.63) is 57.6 Å². The number of isothiocyanates is 1. The average molecular weight is 627 g/mol. The van der Waals surface area contributed by atoms with Crippen LogP contribution in [0.1, 0.15) is 36.8 Å². The van der Waals surface area contributed by atoms with Crippen LogP contribution in [0.2, 0.25) is 10.0 Å². The fourth-order valence-electron chi connectivity index (χ4n) is 3.74. The number of benzene rings is 2. The normalized spacial score (nSPS) is 16.5. The third-order valence-electron chi connectivity index (χ3n) is 6.60. The van der Waals surface area contributed by atoms with Gasteiger partial charge in [-0.15, -0.1) is 0 Å². The number of nitrogens with two attached hydrogens (primary N) is 1. The molecule has 0 atom stereocenters. The van der Waals surface area contributed by atoms with Crippen molar-refractivity contribution in [1.29, 1.82) is 0 Å². The highest BCUT2D eigenvalue weighted by Crippen LogP contribution is 2.58. The number of hydrogen-bond donors (Lipinski definition) is 3. The zero-order valence-corrected chi connectivity index (χ0v) is 22.8. The minimum Gasteiger partial charge on any atom is -0.398 e. The number of nitrogens with one attached hydrogen (secondary N) is 2. The lowest BCUT2D eigenvalue weighted by molar-refractivity contribution is -0.193. The van der Waals surface area contributed by atoms with Gasteiger partial charge >= 0.3 is 12.4 Å². The molecule has 0 aromatic heterocycles. The highest BCUT2D eigenvalue weighted by atomic mass is 35.5. The molecule has 4 N–H and O–H groups in total. The lowest BCUT2D eigenvalue weighted by Crippen LogP contribution is -2.40. The maximum atomic E-state index is 12.8. The first kappa shape index (κ1) is 31.7. The molecule has 2 aliphatic rings. The Labute approximate surface area is 240 Å². The van der Waals surface area contributed by atoms with Crippen LogP contribution in [0.5, 0.6) is 0 Å². The summed E-state index contributed by atoms with van der Waals surface area (Å²) in [5.41, 5.74) is 3.03. The molecule has 15 heteroatoms. The number of anilines is 1. The number of alkyl halides is 6. The molecule has 2 saturated carbocycles. The van der Waals surface area contributed by atoms with E-state index < -0.39 is 35.0 Å². The predicted octanol–water partition coefficient (Wildman–Crippen LogP) is 6.91. The number of amides is 2. The number of halogens is 8. The largest absolute Gasteiger partial charge is 0.403 e. The van der Waals surface area contributed by atoms with E-state index in [4.69, 9.17) is 28.9 Å². The smallest absolute Gasteiger partial charge is 0.398 e. The Morgan fingerprint density at radius 3 is 1.65 bits per heavy atom. The van der Waals surface area contributed by atoms with Crippen LogP contribution in [-0.4, -0.2) is 29.3 Å². The lowest BCUT2D eigenvalue weighted by Gasteiger charge is -2.18. The molecular formula is C25H22Cl2F6N4O2S. The lowest BCUT2D eigenvalue weighted by atomic mass is 10.1. The van der Waals surface area contributed by atoms with Crippen molar-refractivity contribution >= 4 is 63.8 Å². The van der Waals surface area contributed by atoms with Crippen LogP contribution in [-0.2, 0) is 22.7 Å². The molecule has 2 fully saturated rings. The molecular weight excluding hydrogens is 605 g/mol. The first-order chi connectivity index (χ1) is 18.6. The third kappa shape index (κ3) is 7.06. The van der Waals surface area contributed by atoms with Gasteiger partial charge in [0.15, 0.2) is 0 Å². The molecule has 0 bridgehead atoms. The second-order valence-corrected chi connectivity index (χ2v) is 10.4. The van der Waals surface area contributed by atoms with Crippen molar-refractivity contribution in [3.63, 3.8) is 0 Å². The van der Waals surface area contributed by atoms with Gasteiger partial charge in [0, 0.05) is 13.1 Å². The van der Waals surface area contributed by atoms with Gasteiger partial charge < -0.3 is 16.4 Å². The second kappa shape index (κ2) is 11.9. The van der Waals surface area contributed by atoms with E-state index in [-0.39, 0.29) is 38.8 Å². The van der Waals surface area contributed by atoms with Crippen LogP contribution in [0.4, 0.5) is 37.7 Å². The Kier molecular flexibility index (Phi) is 9.45. The minimum absolute atomic E-state index is 0.00195. The SMILES string of the molecule is Nc1cc(CNC(=O)C2(C(F)(F)F)CC2)ccc1Cl.O=C(NCc1ccc(Cl)c(N=C=S)c1)C1(C(F)(F)F)CC1. The van der Waals surface area contributed by atoms with Crippen molar-refractivity contribution in [1.82, 2.24) is 10.6 Å². The number of thiocarbonyl (C=S) groups is 1. The van der Waals surface area contributed by atoms with Gasteiger partial charge in [-0.25, -0.2) is 0 Å². The number of nitrogen functional groups attached to an aromatic ring is 1. The maximum Gasteiger partial charge on any atom is 0.403 e. The molecule has 0 heterocycles. The van der Waals surface area contributed by atoms with Crippen LogP contribution in [0.25, 0.3) is 0 Å². The fraction of sp³-hybridized carbons (Fsp3) is 0.400. The Balaban J connectivity index is 0.000000222. The van der Waals surface area contributed by atoms with Crippen LogP contribution in [0, 0.1) is 10.8 Å². The number of carbonyl (C=O) groups excluding carboxylic acids is 2. The Morgan fingerprint density at radius 1 is 0.850 bits per heavy atom. The molecule has 0 unspecified atom stereocenters. The molecule has 2 aromatic rings. The predicted molar refractivity (Wildman–Crippen MR) is 141 cm³/mol. The topological polar surface area (TPSA) is 96.6 Å². The highest BCUT2D eigenvalue weighted by molar-refractivity contribution is 7.78. The third-order valence-corrected chi connectivity index (χ3v) is 7.35. The quantitative estimate of drug-likeness (QED) is 0.135. The Bertz CT molecular complexity index is 1340. The van der Waals surface area contributed by atoms with Crippen molar-refractivity contribution in [3.8, 4) is 0 Å². The zero-order valence-electron chi connectivity index (χ0n) is 20.5. The summed E-state index contributed by atoms with van der Waals surface area (Å²) in [6, 6.07) is 9.33. The van der Waals surface area contributed by atoms with Gasteiger partial charge in [-0.05, 0) is 73.3 Å². The van der Waals surface area contributed by atoms with Crippen molar-refractivity contribution < 1.29 is 35.9 Å². The van der Waals surface area contributed by atoms with Gasteiger partial charge in [-0.3, -0.25) is 9.59 Å². The van der Waals surface area contributed by atoms with E-state index in [1.807, 2.05) is 0 Å². The van der Waals surface area contributed by atoms with E-state index in [1.165, 1.54) is 24.3 Å². The number of nitrogens with zero attached hydrogens (tertiary/aromatic N) is 1. The Hall–Kier alpha value is -2.86. The van der Waals surface area contributed by atoms with E-state index in [0.29, 0.717) is 32.5 Å². The van der Waals surface area contributed by atoms with Crippen molar-refractivity contribution in [2.75, 3.05) is 5.73 Å². The summed E-state index contributed by atoms with van der Waals surface area (Å²) in [5, 5.41) is 7.47. The summed E-state index contributed by atoms with van der Waals surface area (Å²) in [6.07, 6.45) is -9.62. The summed E-state index contributed by atoms with van der Waals surface area (Å²) < 4.78 is 76.4. The van der Waals surface area contributed by atoms with Gasteiger partial charge in [0.05, 0.1) is 26.6 Å². The molecule has 2 aliphatic carbocycles. The van der Waals surface area contributed by atoms with Gasteiger partial charge in [0.25, 0.3) is 0 Å². The second-order valence-electron chi connectivity index (χ2n) is 9.37. The van der Waals surface area contributed by atoms with Crippen LogP contribution < -0.4 is 16.4 Å². The van der Waals surface area contributed by atoms with E-state index in [0.717, 1.165) is 0 Å². The van der Waals surface area contributed by atoms with Crippen molar-refractivity contribution in [2.45, 2.75) is 51.1 Å². The van der Waals surface area contributed by atoms with Gasteiger partial charge in [-0.1, -0.05) is 35.3 Å². The zero-order chi connectivity index (χ0) is 29.9. The number of carbonyl (C=O) groups is 2. The van der Waals surface area contributed by atoms with E-state index in [2.05, 4.69) is 33.0 Å². The standard InChI is InChI=1S/C13H10ClF3N2OS.C12H12ClF3N2O/c14-9-2-1-8(5-10(9)19-7-21)6-18-11(20)12(3-4-12)13(15,16)17;13-8-2-1-7(5-9(8)17)6-18-10(19)11(3-4-11)12(14,15)16/h1-2,5H,3-4,6H2,(H,18,20);1-2,5H,3-4,6,17H2,(H,18,19). The molecule has 0 aliphatic heterocycles. The maximum absolute atomic E-state index is 12.8. The minimum atomic E-state index is -4.51. The van der Waals surface area contributed by atoms with Crippen molar-refractivity contribution in [2.24, 2.45) is 15.8 Å². The number of hydrogen-bond acceptors (Lipinski definition) is 5. The molecule has 2 amide bonds. The first-order valence-corrected chi connectivity index (χ1v) is 12.8. The monoisotopic (exact) mass is 626 g/mol. The molecule has 0 radical (unpaired) electrons. The summed E-state index contributed by atoms with van der Waals surface area (Å²) in [6.45, 7) is -0.0359. The molecule has 0 saturated heterocycles. The van der Waals surface area contributed by atoms with Gasteiger partial charge in [-0.2, -0.15) is 31.3 Å². The van der Waals surface area contributed by atoms with Gasteiger partial charge in [0.2, 0.25) is 11.8 Å². The van der Waals surface area contributed by atoms with Gasteiger partial charge in [0.1, 0.15) is 10.8 Å². The first-order valence-electron chi connectivity index (χ1n) is 11.7. The van der Waals surface area contributed by atoms with Crippen LogP contribution in [0.15, 0.2) is 41.4 Å². The van der Waals surface area contributed by atoms with Crippen LogP contribution in [0.3, 0.4) is 0 Å². The molecule has 6 nitrogen and oxygen atoms in total. The summed E-state index contributed by atoms with van der Waals surface area (Å²) >= 11 is 16.1. The number of rotatable bonds is 7. The Morgan fingerprint density at radius 2 is 1.27 bits per heavy atom.